The summed E-state index contributed by atoms with van der Waals surface area (Å²) in [6, 6.07) is 11.4. The van der Waals surface area contributed by atoms with Gasteiger partial charge in [-0.25, -0.2) is 4.39 Å². The molecule has 3 aromatic rings. The second-order valence-electron chi connectivity index (χ2n) is 4.16. The fourth-order valence-corrected chi connectivity index (χ4v) is 1.94. The smallest absolute Gasteiger partial charge is 0.168 e. The molecule has 7 heteroatoms. The highest BCUT2D eigenvalue weighted by Gasteiger charge is 2.06. The number of rotatable bonds is 2. The van der Waals surface area contributed by atoms with E-state index in [-0.39, 0.29) is 10.9 Å². The minimum absolute atomic E-state index is 0.190. The van der Waals surface area contributed by atoms with Gasteiger partial charge < -0.3 is 11.1 Å². The standard InChI is InChI=1S/C13H10FN5S/c14-8-1-4-10(5-2-8)19-17-11-6-3-9(16-13(15)20)7-12(11)18-19/h1-7H,(H3,15,16,20). The van der Waals surface area contributed by atoms with Crippen LogP contribution in [0.3, 0.4) is 0 Å². The number of benzene rings is 2. The van der Waals surface area contributed by atoms with Gasteiger partial charge in [0.1, 0.15) is 16.9 Å². The molecular formula is C13H10FN5S. The summed E-state index contributed by atoms with van der Waals surface area (Å²) in [5, 5.41) is 11.7. The Morgan fingerprint density at radius 2 is 1.80 bits per heavy atom. The summed E-state index contributed by atoms with van der Waals surface area (Å²) < 4.78 is 12.9. The molecule has 0 aliphatic rings. The van der Waals surface area contributed by atoms with Crippen molar-refractivity contribution in [3.63, 3.8) is 0 Å². The van der Waals surface area contributed by atoms with E-state index in [2.05, 4.69) is 15.5 Å². The zero-order valence-corrected chi connectivity index (χ0v) is 11.1. The molecule has 1 aromatic heterocycles. The predicted molar refractivity (Wildman–Crippen MR) is 79.2 cm³/mol. The van der Waals surface area contributed by atoms with E-state index in [0.717, 1.165) is 11.2 Å². The highest BCUT2D eigenvalue weighted by Crippen LogP contribution is 2.17. The van der Waals surface area contributed by atoms with Crippen molar-refractivity contribution in [2.24, 2.45) is 5.73 Å². The molecule has 100 valence electrons. The van der Waals surface area contributed by atoms with E-state index in [1.54, 1.807) is 18.2 Å². The van der Waals surface area contributed by atoms with Gasteiger partial charge in [0.05, 0.1) is 5.69 Å². The van der Waals surface area contributed by atoms with Gasteiger partial charge >= 0.3 is 0 Å². The van der Waals surface area contributed by atoms with E-state index in [4.69, 9.17) is 18.0 Å². The summed E-state index contributed by atoms with van der Waals surface area (Å²) in [5.74, 6) is -0.298. The van der Waals surface area contributed by atoms with Crippen molar-refractivity contribution in [2.75, 3.05) is 5.32 Å². The predicted octanol–water partition coefficient (Wildman–Crippen LogP) is 2.22. The Balaban J connectivity index is 2.01. The Morgan fingerprint density at radius 3 is 2.50 bits per heavy atom. The van der Waals surface area contributed by atoms with Crippen molar-refractivity contribution >= 4 is 34.1 Å². The number of aromatic nitrogens is 3. The first-order valence-electron chi connectivity index (χ1n) is 5.81. The Labute approximate surface area is 119 Å². The van der Waals surface area contributed by atoms with Gasteiger partial charge in [-0.1, -0.05) is 0 Å². The van der Waals surface area contributed by atoms with Gasteiger partial charge in [-0.2, -0.15) is 4.80 Å². The molecule has 0 amide bonds. The molecule has 5 nitrogen and oxygen atoms in total. The Bertz CT molecular complexity index is 781. The number of hydrogen-bond donors (Lipinski definition) is 2. The number of nitrogens with zero attached hydrogens (tertiary/aromatic N) is 3. The average molecular weight is 287 g/mol. The van der Waals surface area contributed by atoms with Crippen molar-refractivity contribution in [2.45, 2.75) is 0 Å². The topological polar surface area (TPSA) is 68.8 Å². The zero-order chi connectivity index (χ0) is 14.1. The third kappa shape index (κ3) is 2.43. The molecule has 0 unspecified atom stereocenters. The molecule has 0 atom stereocenters. The quantitative estimate of drug-likeness (QED) is 0.707. The van der Waals surface area contributed by atoms with E-state index < -0.39 is 0 Å². The number of thiocarbonyl (C=S) groups is 1. The van der Waals surface area contributed by atoms with Gasteiger partial charge in [-0.05, 0) is 54.7 Å². The lowest BCUT2D eigenvalue weighted by atomic mass is 10.3. The molecule has 0 radical (unpaired) electrons. The van der Waals surface area contributed by atoms with Gasteiger partial charge in [0.2, 0.25) is 0 Å². The maximum atomic E-state index is 12.9. The number of halogens is 1. The monoisotopic (exact) mass is 287 g/mol. The second-order valence-corrected chi connectivity index (χ2v) is 4.60. The van der Waals surface area contributed by atoms with E-state index >= 15 is 0 Å². The summed E-state index contributed by atoms with van der Waals surface area (Å²) in [6.07, 6.45) is 0. The van der Waals surface area contributed by atoms with Crippen molar-refractivity contribution in [3.8, 4) is 5.69 Å². The average Bonchev–Trinajstić information content (AvgIpc) is 2.81. The van der Waals surface area contributed by atoms with Crippen LogP contribution in [0.4, 0.5) is 10.1 Å². The lowest BCUT2D eigenvalue weighted by molar-refractivity contribution is 0.626. The maximum absolute atomic E-state index is 12.9. The molecule has 0 bridgehead atoms. The molecule has 0 saturated carbocycles. The maximum Gasteiger partial charge on any atom is 0.168 e. The van der Waals surface area contributed by atoms with Crippen molar-refractivity contribution in [1.82, 2.24) is 15.0 Å². The molecule has 0 saturated heterocycles. The Kier molecular flexibility index (Phi) is 3.03. The normalized spacial score (nSPS) is 10.7. The first-order chi connectivity index (χ1) is 9.61. The first-order valence-corrected chi connectivity index (χ1v) is 6.22. The van der Waals surface area contributed by atoms with Crippen LogP contribution in [-0.4, -0.2) is 20.1 Å². The number of nitrogens with two attached hydrogens (primary N) is 1. The van der Waals surface area contributed by atoms with Crippen molar-refractivity contribution in [3.05, 3.63) is 48.3 Å². The van der Waals surface area contributed by atoms with Crippen molar-refractivity contribution < 1.29 is 4.39 Å². The van der Waals surface area contributed by atoms with Crippen LogP contribution in [0.1, 0.15) is 0 Å². The molecule has 0 fully saturated rings. The van der Waals surface area contributed by atoms with Gasteiger partial charge in [0, 0.05) is 5.69 Å². The second kappa shape index (κ2) is 4.86. The van der Waals surface area contributed by atoms with Gasteiger partial charge in [0.25, 0.3) is 0 Å². The van der Waals surface area contributed by atoms with Gasteiger partial charge in [-0.3, -0.25) is 0 Å². The number of nitrogens with one attached hydrogen (secondary N) is 1. The number of hydrogen-bond acceptors (Lipinski definition) is 3. The molecule has 3 N–H and O–H groups in total. The van der Waals surface area contributed by atoms with E-state index in [1.165, 1.54) is 16.9 Å². The summed E-state index contributed by atoms with van der Waals surface area (Å²) in [5.41, 5.74) is 8.27. The molecule has 0 aliphatic heterocycles. The largest absolute Gasteiger partial charge is 0.376 e. The van der Waals surface area contributed by atoms with Crippen LogP contribution in [0, 0.1) is 5.82 Å². The summed E-state index contributed by atoms with van der Waals surface area (Å²) >= 11 is 4.78. The van der Waals surface area contributed by atoms with E-state index in [1.807, 2.05) is 12.1 Å². The Morgan fingerprint density at radius 1 is 1.10 bits per heavy atom. The zero-order valence-electron chi connectivity index (χ0n) is 10.2. The van der Waals surface area contributed by atoms with E-state index in [0.29, 0.717) is 11.2 Å². The van der Waals surface area contributed by atoms with Crippen LogP contribution in [-0.2, 0) is 0 Å². The molecule has 0 spiro atoms. The SMILES string of the molecule is NC(=S)Nc1ccc2nn(-c3ccc(F)cc3)nc2c1. The van der Waals surface area contributed by atoms with Crippen molar-refractivity contribution in [1.29, 1.82) is 0 Å². The summed E-state index contributed by atoms with van der Waals surface area (Å²) in [7, 11) is 0. The lowest BCUT2D eigenvalue weighted by Crippen LogP contribution is -2.18. The van der Waals surface area contributed by atoms with Gasteiger partial charge in [0.15, 0.2) is 5.11 Å². The molecule has 2 aromatic carbocycles. The number of anilines is 1. The van der Waals surface area contributed by atoms with Crippen LogP contribution < -0.4 is 11.1 Å². The molecule has 0 aliphatic carbocycles. The Hall–Kier alpha value is -2.54. The number of fused-ring (bicyclic) bond motifs is 1. The van der Waals surface area contributed by atoms with Crippen LogP contribution in [0.25, 0.3) is 16.7 Å². The highest BCUT2D eigenvalue weighted by molar-refractivity contribution is 7.80. The molecule has 1 heterocycles. The highest BCUT2D eigenvalue weighted by atomic mass is 32.1. The lowest BCUT2D eigenvalue weighted by Gasteiger charge is -2.01. The van der Waals surface area contributed by atoms with E-state index in [9.17, 15) is 4.39 Å². The third-order valence-electron chi connectivity index (χ3n) is 2.71. The van der Waals surface area contributed by atoms with Gasteiger partial charge in [-0.15, -0.1) is 10.2 Å². The fourth-order valence-electron chi connectivity index (χ4n) is 1.82. The molecular weight excluding hydrogens is 277 g/mol. The van der Waals surface area contributed by atoms with Crippen LogP contribution in [0.5, 0.6) is 0 Å². The first kappa shape index (κ1) is 12.5. The van der Waals surface area contributed by atoms with Crippen LogP contribution in [0.15, 0.2) is 42.5 Å². The fraction of sp³-hybridized carbons (Fsp3) is 0. The third-order valence-corrected chi connectivity index (χ3v) is 2.81. The minimum Gasteiger partial charge on any atom is -0.376 e. The minimum atomic E-state index is -0.298. The summed E-state index contributed by atoms with van der Waals surface area (Å²) in [6.45, 7) is 0. The molecule has 3 rings (SSSR count). The summed E-state index contributed by atoms with van der Waals surface area (Å²) in [4.78, 5) is 1.45. The van der Waals surface area contributed by atoms with Crippen LogP contribution >= 0.6 is 12.2 Å². The molecule has 20 heavy (non-hydrogen) atoms. The van der Waals surface area contributed by atoms with Crippen LogP contribution in [0.2, 0.25) is 0 Å².